The third kappa shape index (κ3) is 11.6. The van der Waals surface area contributed by atoms with Crippen molar-refractivity contribution in [2.24, 2.45) is 10.2 Å². The second kappa shape index (κ2) is 24.8. The van der Waals surface area contributed by atoms with Gasteiger partial charge >= 0.3 is 0 Å². The van der Waals surface area contributed by atoms with Crippen LogP contribution in [0.2, 0.25) is 0 Å². The molecule has 2 heterocycles. The summed E-state index contributed by atoms with van der Waals surface area (Å²) in [5.74, 6) is 0. The van der Waals surface area contributed by atoms with Crippen molar-refractivity contribution in [3.63, 3.8) is 0 Å². The zero-order valence-electron chi connectivity index (χ0n) is 43.7. The summed E-state index contributed by atoms with van der Waals surface area (Å²) in [5, 5.41) is 20.4. The molecule has 0 aliphatic heterocycles. The molecule has 0 aliphatic rings. The first kappa shape index (κ1) is 50.5. The minimum absolute atomic E-state index is 0.620. The molecule has 0 atom stereocenters. The number of hydrazone groups is 2. The number of fused-ring (bicyclic) bond motifs is 6. The maximum atomic E-state index is 5.62. The van der Waals surface area contributed by atoms with Gasteiger partial charge in [-0.05, 0) is 102 Å². The second-order valence-electron chi connectivity index (χ2n) is 19.7. The van der Waals surface area contributed by atoms with Crippen molar-refractivity contribution in [1.29, 1.82) is 0 Å². The van der Waals surface area contributed by atoms with Gasteiger partial charge in [0.2, 0.25) is 0 Å². The molecule has 6 nitrogen and oxygen atoms in total. The van der Waals surface area contributed by atoms with Crippen LogP contribution in [0.4, 0.5) is 11.4 Å². The Hall–Kier alpha value is -7.44. The quantitative estimate of drug-likeness (QED) is 0.0308. The number of benzene rings is 7. The Morgan fingerprint density at radius 3 is 1.51 bits per heavy atom. The molecule has 0 saturated heterocycles. The number of hydrogen-bond acceptors (Lipinski definition) is 4. The van der Waals surface area contributed by atoms with Crippen LogP contribution in [0.1, 0.15) is 130 Å². The van der Waals surface area contributed by atoms with Crippen LogP contribution in [0.5, 0.6) is 0 Å². The number of aromatic nitrogens is 2. The molecular formula is C67H74N6. The minimum atomic E-state index is 0.620. The third-order valence-electron chi connectivity index (χ3n) is 14.5. The van der Waals surface area contributed by atoms with Crippen LogP contribution in [0.3, 0.4) is 0 Å². The van der Waals surface area contributed by atoms with Crippen molar-refractivity contribution < 1.29 is 0 Å². The highest BCUT2D eigenvalue weighted by Crippen LogP contribution is 2.44. The SMILES string of the molecule is C=Cc1ccc(CN(/N=C/c2ccc3c(c2)c2c(/C=N/N(Cc4ccc(C=C)cc4)c4ccccc4)c4c(c(CCCCC)c2n3CCCCCC)c2ccccc2n4CCCCCC)c2ccccc2)cc1. The number of nitrogens with zero attached hydrogens (tertiary/aromatic N) is 6. The Morgan fingerprint density at radius 2 is 0.945 bits per heavy atom. The molecule has 372 valence electrons. The van der Waals surface area contributed by atoms with Crippen LogP contribution in [0.15, 0.2) is 175 Å². The number of unbranched alkanes of at least 4 members (excludes halogenated alkanes) is 8. The molecule has 0 fully saturated rings. The van der Waals surface area contributed by atoms with Gasteiger partial charge in [-0.3, -0.25) is 10.0 Å². The fourth-order valence-electron chi connectivity index (χ4n) is 10.7. The minimum Gasteiger partial charge on any atom is -0.340 e. The summed E-state index contributed by atoms with van der Waals surface area (Å²) in [6, 6.07) is 54.7. The van der Waals surface area contributed by atoms with Crippen LogP contribution in [0.25, 0.3) is 55.8 Å². The number of para-hydroxylation sites is 3. The highest BCUT2D eigenvalue weighted by molar-refractivity contribution is 6.28. The zero-order valence-corrected chi connectivity index (χ0v) is 43.7. The highest BCUT2D eigenvalue weighted by atomic mass is 15.5. The lowest BCUT2D eigenvalue weighted by Crippen LogP contribution is -2.16. The summed E-state index contributed by atoms with van der Waals surface area (Å²) in [6.07, 6.45) is 22.1. The average molecular weight is 963 g/mol. The van der Waals surface area contributed by atoms with E-state index in [2.05, 4.69) is 217 Å². The standard InChI is InChI=1S/C67H74N6/c1-6-11-14-25-44-70-62-33-24-23-31-58(62)64-59(32-18-13-8-3)66-65(61(67(64)70)48-69-73(57-29-21-17-22-30-57)50-54-40-36-52(10-5)37-41-54)60-46-55(42-43-63(60)71(66)45-26-15-12-7-2)47-68-72(56-27-19-16-20-28-56)49-53-38-34-51(9-4)35-39-53/h9-10,16-17,19-24,27-31,33-43,46-48H,4-8,11-15,18,25-26,32,44-45,49-50H2,1-3H3/b68-47+,69-48+. The average Bonchev–Trinajstić information content (AvgIpc) is 3.94. The summed E-state index contributed by atoms with van der Waals surface area (Å²) in [4.78, 5) is 0. The first-order chi connectivity index (χ1) is 36.0. The fourth-order valence-corrected chi connectivity index (χ4v) is 10.7. The molecule has 0 bridgehead atoms. The van der Waals surface area contributed by atoms with Gasteiger partial charge in [0.05, 0.1) is 47.9 Å². The van der Waals surface area contributed by atoms with E-state index in [-0.39, 0.29) is 0 Å². The molecule has 0 radical (unpaired) electrons. The second-order valence-corrected chi connectivity index (χ2v) is 19.7. The molecule has 73 heavy (non-hydrogen) atoms. The molecule has 0 N–H and O–H groups in total. The van der Waals surface area contributed by atoms with E-state index in [1.165, 1.54) is 117 Å². The van der Waals surface area contributed by atoms with E-state index in [1.54, 1.807) is 0 Å². The van der Waals surface area contributed by atoms with Gasteiger partial charge in [-0.15, -0.1) is 0 Å². The van der Waals surface area contributed by atoms with E-state index >= 15 is 0 Å². The van der Waals surface area contributed by atoms with Gasteiger partial charge in [0.25, 0.3) is 0 Å². The Morgan fingerprint density at radius 1 is 0.452 bits per heavy atom. The highest BCUT2D eigenvalue weighted by Gasteiger charge is 2.26. The Bertz CT molecular complexity index is 3300. The van der Waals surface area contributed by atoms with Crippen LogP contribution in [-0.4, -0.2) is 21.6 Å². The van der Waals surface area contributed by atoms with Gasteiger partial charge in [-0.1, -0.05) is 207 Å². The Labute approximate surface area is 434 Å². The third-order valence-corrected chi connectivity index (χ3v) is 14.5. The molecule has 9 aromatic rings. The molecule has 0 unspecified atom stereocenters. The summed E-state index contributed by atoms with van der Waals surface area (Å²) in [5.41, 5.74) is 15.6. The lowest BCUT2D eigenvalue weighted by Gasteiger charge is -2.20. The molecule has 7 aromatic carbocycles. The van der Waals surface area contributed by atoms with Gasteiger partial charge in [0.1, 0.15) is 0 Å². The number of hydrogen-bond donors (Lipinski definition) is 0. The van der Waals surface area contributed by atoms with Crippen molar-refractivity contribution in [2.45, 2.75) is 124 Å². The van der Waals surface area contributed by atoms with Crippen LogP contribution < -0.4 is 10.0 Å². The van der Waals surface area contributed by atoms with Gasteiger partial charge in [-0.2, -0.15) is 10.2 Å². The smallest absolute Gasteiger partial charge is 0.0666 e. The van der Waals surface area contributed by atoms with E-state index < -0.39 is 0 Å². The topological polar surface area (TPSA) is 41.1 Å². The monoisotopic (exact) mass is 963 g/mol. The largest absolute Gasteiger partial charge is 0.340 e. The summed E-state index contributed by atoms with van der Waals surface area (Å²) in [6.45, 7) is 18.1. The lowest BCUT2D eigenvalue weighted by molar-refractivity contribution is 0.600. The molecule has 6 heteroatoms. The van der Waals surface area contributed by atoms with Crippen molar-refractivity contribution >= 4 is 79.6 Å². The summed E-state index contributed by atoms with van der Waals surface area (Å²) in [7, 11) is 0. The van der Waals surface area contributed by atoms with Crippen molar-refractivity contribution in [3.05, 3.63) is 204 Å². The molecule has 0 aliphatic carbocycles. The summed E-state index contributed by atoms with van der Waals surface area (Å²) < 4.78 is 5.37. The van der Waals surface area contributed by atoms with Gasteiger partial charge in [0, 0.05) is 51.2 Å². The first-order valence-electron chi connectivity index (χ1n) is 27.2. The van der Waals surface area contributed by atoms with Crippen molar-refractivity contribution in [2.75, 3.05) is 10.0 Å². The number of rotatable bonds is 26. The maximum Gasteiger partial charge on any atom is 0.0666 e. The van der Waals surface area contributed by atoms with Crippen LogP contribution in [-0.2, 0) is 32.6 Å². The first-order valence-corrected chi connectivity index (χ1v) is 27.2. The van der Waals surface area contributed by atoms with E-state index in [0.29, 0.717) is 13.1 Å². The normalized spacial score (nSPS) is 11.8. The van der Waals surface area contributed by atoms with E-state index in [4.69, 9.17) is 10.2 Å². The fraction of sp³-hybridized carbons (Fsp3) is 0.284. The van der Waals surface area contributed by atoms with Crippen molar-refractivity contribution in [1.82, 2.24) is 9.13 Å². The number of aryl methyl sites for hydroxylation is 3. The molecule has 0 saturated carbocycles. The molecule has 0 amide bonds. The Balaban J connectivity index is 1.32. The van der Waals surface area contributed by atoms with Crippen LogP contribution >= 0.6 is 0 Å². The lowest BCUT2D eigenvalue weighted by atomic mass is 9.93. The molecule has 2 aromatic heterocycles. The van der Waals surface area contributed by atoms with Gasteiger partial charge < -0.3 is 9.13 Å². The van der Waals surface area contributed by atoms with Gasteiger partial charge in [0.15, 0.2) is 0 Å². The van der Waals surface area contributed by atoms with Gasteiger partial charge in [-0.25, -0.2) is 0 Å². The number of anilines is 2. The van der Waals surface area contributed by atoms with E-state index in [0.717, 1.165) is 66.8 Å². The predicted octanol–water partition coefficient (Wildman–Crippen LogP) is 18.2. The predicted molar refractivity (Wildman–Crippen MR) is 317 cm³/mol. The van der Waals surface area contributed by atoms with E-state index in [9.17, 15) is 0 Å². The molecular weight excluding hydrogens is 889 g/mol. The molecule has 0 spiro atoms. The van der Waals surface area contributed by atoms with Crippen molar-refractivity contribution in [3.8, 4) is 0 Å². The summed E-state index contributed by atoms with van der Waals surface area (Å²) >= 11 is 0. The van der Waals surface area contributed by atoms with E-state index in [1.807, 2.05) is 12.2 Å². The molecule has 9 rings (SSSR count). The zero-order chi connectivity index (χ0) is 50.4. The van der Waals surface area contributed by atoms with Crippen LogP contribution in [0, 0.1) is 0 Å². The Kier molecular flexibility index (Phi) is 17.2. The maximum absolute atomic E-state index is 5.62.